The van der Waals surface area contributed by atoms with Crippen molar-refractivity contribution >= 4 is 56.7 Å². The molecule has 1 saturated heterocycles. The fourth-order valence-electron chi connectivity index (χ4n) is 3.91. The highest BCUT2D eigenvalue weighted by molar-refractivity contribution is 7.90. The van der Waals surface area contributed by atoms with Crippen molar-refractivity contribution in [3.8, 4) is 0 Å². The molecule has 2 aliphatic rings. The molecular weight excluding hydrogens is 496 g/mol. The first-order valence-electron chi connectivity index (χ1n) is 10.7. The monoisotopic (exact) mass is 518 g/mol. The molecule has 0 spiro atoms. The topological polar surface area (TPSA) is 125 Å². The maximum absolute atomic E-state index is 13.7. The van der Waals surface area contributed by atoms with Crippen molar-refractivity contribution in [3.05, 3.63) is 53.1 Å². The Labute approximate surface area is 207 Å². The van der Waals surface area contributed by atoms with Gasteiger partial charge in [0.05, 0.1) is 16.4 Å². The smallest absolute Gasteiger partial charge is 0.418 e. The molecule has 35 heavy (non-hydrogen) atoms. The van der Waals surface area contributed by atoms with Crippen LogP contribution < -0.4 is 5.32 Å². The molecule has 0 aliphatic carbocycles. The van der Waals surface area contributed by atoms with E-state index in [1.165, 1.54) is 26.0 Å². The predicted molar refractivity (Wildman–Crippen MR) is 129 cm³/mol. The fourth-order valence-corrected chi connectivity index (χ4v) is 5.67. The van der Waals surface area contributed by atoms with Crippen LogP contribution in [0.15, 0.2) is 52.4 Å². The van der Waals surface area contributed by atoms with Crippen molar-refractivity contribution in [1.29, 1.82) is 0 Å². The number of cyclic esters (lactones) is 1. The third-order valence-corrected chi connectivity index (χ3v) is 7.87. The van der Waals surface area contributed by atoms with Crippen LogP contribution in [0.2, 0.25) is 5.02 Å². The summed E-state index contributed by atoms with van der Waals surface area (Å²) in [7, 11) is -4.14. The van der Waals surface area contributed by atoms with Crippen molar-refractivity contribution in [1.82, 2.24) is 9.21 Å². The first kappa shape index (κ1) is 24.7. The Morgan fingerprint density at radius 2 is 1.89 bits per heavy atom. The summed E-state index contributed by atoms with van der Waals surface area (Å²) in [5.74, 6) is -2.00. The summed E-state index contributed by atoms with van der Waals surface area (Å²) in [4.78, 5) is 44.6. The van der Waals surface area contributed by atoms with Gasteiger partial charge in [-0.2, -0.15) is 0 Å². The van der Waals surface area contributed by atoms with Gasteiger partial charge in [0.2, 0.25) is 0 Å². The molecule has 12 heteroatoms. The van der Waals surface area contributed by atoms with Crippen molar-refractivity contribution in [2.45, 2.75) is 44.2 Å². The Morgan fingerprint density at radius 3 is 2.51 bits per heavy atom. The van der Waals surface area contributed by atoms with Crippen LogP contribution in [0.5, 0.6) is 0 Å². The lowest BCUT2D eigenvalue weighted by Gasteiger charge is -2.34. The summed E-state index contributed by atoms with van der Waals surface area (Å²) < 4.78 is 32.9. The molecule has 0 bridgehead atoms. The van der Waals surface area contributed by atoms with Crippen LogP contribution >= 0.6 is 11.6 Å². The van der Waals surface area contributed by atoms with Gasteiger partial charge in [0, 0.05) is 6.54 Å². The largest absolute Gasteiger partial charge is 0.433 e. The number of carbonyl (C=O) groups excluding carboxylic acids is 3. The van der Waals surface area contributed by atoms with Gasteiger partial charge < -0.3 is 10.1 Å². The van der Waals surface area contributed by atoms with Gasteiger partial charge in [-0.1, -0.05) is 29.8 Å². The van der Waals surface area contributed by atoms with Crippen LogP contribution in [0.3, 0.4) is 0 Å². The first-order chi connectivity index (χ1) is 16.4. The summed E-state index contributed by atoms with van der Waals surface area (Å²) in [6.07, 6.45) is -1.09. The molecule has 2 aromatic rings. The number of carbonyl (C=O) groups is 3. The number of sulfonamides is 1. The summed E-state index contributed by atoms with van der Waals surface area (Å²) >= 11 is 6.24. The van der Waals surface area contributed by atoms with E-state index in [1.54, 1.807) is 44.2 Å². The molecule has 0 radical (unpaired) electrons. The second-order valence-corrected chi connectivity index (χ2v) is 10.8. The maximum atomic E-state index is 13.7. The third kappa shape index (κ3) is 4.14. The zero-order valence-corrected chi connectivity index (χ0v) is 21.0. The number of nitrogens with zero attached hydrogens (tertiary/aromatic N) is 3. The molecule has 3 amide bonds. The maximum Gasteiger partial charge on any atom is 0.418 e. The Balaban J connectivity index is 1.90. The number of anilines is 1. The Morgan fingerprint density at radius 1 is 1.20 bits per heavy atom. The number of aryl methyl sites for hydroxylation is 1. The van der Waals surface area contributed by atoms with E-state index < -0.39 is 39.6 Å². The molecule has 1 N–H and O–H groups in total. The number of fused-ring (bicyclic) bond motifs is 1. The zero-order valence-electron chi connectivity index (χ0n) is 19.4. The van der Waals surface area contributed by atoms with Crippen LogP contribution in [0.4, 0.5) is 16.2 Å². The minimum absolute atomic E-state index is 0.0536. The SMILES string of the molecule is CCN1C(C(C(=O)Nc2cc(C)ccc2Cl)N2C(=O)OC(C)(C)C2=O)=Nc2ccccc2S1(=O)=O. The van der Waals surface area contributed by atoms with Crippen molar-refractivity contribution in [3.63, 3.8) is 0 Å². The van der Waals surface area contributed by atoms with E-state index in [4.69, 9.17) is 16.3 Å². The molecular formula is C23H23ClN4O6S. The highest BCUT2D eigenvalue weighted by atomic mass is 35.5. The standard InChI is InChI=1S/C23H23ClN4O6S/c1-5-27-19(25-15-8-6-7-9-17(15)35(27,32)33)18(28-21(30)23(3,4)34-22(28)31)20(29)26-16-12-13(2)10-11-14(16)24/h6-12,18H,5H2,1-4H3,(H,26,29). The molecule has 4 rings (SSSR count). The number of rotatable bonds is 5. The number of benzene rings is 2. The highest BCUT2D eigenvalue weighted by Crippen LogP contribution is 2.35. The number of imide groups is 1. The molecule has 2 heterocycles. The van der Waals surface area contributed by atoms with Crippen LogP contribution in [-0.2, 0) is 24.3 Å². The predicted octanol–water partition coefficient (Wildman–Crippen LogP) is 3.47. The van der Waals surface area contributed by atoms with E-state index in [2.05, 4.69) is 10.3 Å². The molecule has 10 nitrogen and oxygen atoms in total. The number of ether oxygens (including phenoxy) is 1. The molecule has 0 saturated carbocycles. The van der Waals surface area contributed by atoms with Crippen LogP contribution in [0.1, 0.15) is 26.3 Å². The number of para-hydroxylation sites is 1. The molecule has 1 fully saturated rings. The summed E-state index contributed by atoms with van der Waals surface area (Å²) in [6.45, 7) is 6.01. The number of aliphatic imine (C=N–C) groups is 1. The lowest BCUT2D eigenvalue weighted by atomic mass is 10.1. The molecule has 2 aliphatic heterocycles. The lowest BCUT2D eigenvalue weighted by molar-refractivity contribution is -0.137. The van der Waals surface area contributed by atoms with E-state index in [1.807, 2.05) is 0 Å². The van der Waals surface area contributed by atoms with E-state index in [-0.39, 0.29) is 33.7 Å². The van der Waals surface area contributed by atoms with Gasteiger partial charge in [-0.05, 0) is 57.5 Å². The first-order valence-corrected chi connectivity index (χ1v) is 12.5. The van der Waals surface area contributed by atoms with Gasteiger partial charge in [-0.15, -0.1) is 0 Å². The number of halogens is 1. The number of amides is 3. The third-order valence-electron chi connectivity index (χ3n) is 5.61. The summed E-state index contributed by atoms with van der Waals surface area (Å²) in [5, 5.41) is 2.83. The Kier molecular flexibility index (Phi) is 6.10. The van der Waals surface area contributed by atoms with Gasteiger partial charge in [-0.3, -0.25) is 13.9 Å². The van der Waals surface area contributed by atoms with E-state index >= 15 is 0 Å². The molecule has 1 atom stereocenters. The number of hydrogen-bond donors (Lipinski definition) is 1. The second kappa shape index (κ2) is 8.65. The highest BCUT2D eigenvalue weighted by Gasteiger charge is 2.55. The number of hydrogen-bond acceptors (Lipinski definition) is 7. The number of nitrogens with one attached hydrogen (secondary N) is 1. The molecule has 0 aromatic heterocycles. The van der Waals surface area contributed by atoms with Crippen molar-refractivity contribution in [2.75, 3.05) is 11.9 Å². The van der Waals surface area contributed by atoms with E-state index in [0.29, 0.717) is 4.90 Å². The van der Waals surface area contributed by atoms with Crippen molar-refractivity contribution < 1.29 is 27.5 Å². The average Bonchev–Trinajstić information content (AvgIpc) is 2.98. The molecule has 184 valence electrons. The van der Waals surface area contributed by atoms with Crippen LogP contribution in [0, 0.1) is 6.92 Å². The van der Waals surface area contributed by atoms with Gasteiger partial charge in [0.1, 0.15) is 4.90 Å². The van der Waals surface area contributed by atoms with Gasteiger partial charge in [0.15, 0.2) is 17.5 Å². The van der Waals surface area contributed by atoms with Gasteiger partial charge >= 0.3 is 6.09 Å². The van der Waals surface area contributed by atoms with Crippen molar-refractivity contribution in [2.24, 2.45) is 4.99 Å². The summed E-state index contributed by atoms with van der Waals surface area (Å²) in [6, 6.07) is 9.20. The molecule has 1 unspecified atom stereocenters. The molecule has 2 aromatic carbocycles. The van der Waals surface area contributed by atoms with Gasteiger partial charge in [-0.25, -0.2) is 23.1 Å². The zero-order chi connectivity index (χ0) is 25.7. The van der Waals surface area contributed by atoms with Crippen LogP contribution in [-0.4, -0.2) is 59.6 Å². The van der Waals surface area contributed by atoms with E-state index in [9.17, 15) is 22.8 Å². The van der Waals surface area contributed by atoms with Gasteiger partial charge in [0.25, 0.3) is 21.8 Å². The minimum atomic E-state index is -4.14. The Hall–Kier alpha value is -3.44. The number of likely N-dealkylation sites (N-methyl/N-ethyl adjacent to an activating group) is 1. The number of amidine groups is 1. The Bertz CT molecular complexity index is 1390. The normalized spacial score (nSPS) is 19.1. The van der Waals surface area contributed by atoms with Crippen LogP contribution in [0.25, 0.3) is 0 Å². The fraction of sp³-hybridized carbons (Fsp3) is 0.304. The quantitative estimate of drug-likeness (QED) is 0.646. The van der Waals surface area contributed by atoms with E-state index in [0.717, 1.165) is 9.87 Å². The lowest BCUT2D eigenvalue weighted by Crippen LogP contribution is -2.58. The summed E-state index contributed by atoms with van der Waals surface area (Å²) in [5.41, 5.74) is -0.457. The second-order valence-electron chi connectivity index (χ2n) is 8.54. The minimum Gasteiger partial charge on any atom is -0.433 e. The average molecular weight is 519 g/mol.